The van der Waals surface area contributed by atoms with E-state index in [0.717, 1.165) is 0 Å². The summed E-state index contributed by atoms with van der Waals surface area (Å²) >= 11 is -9.38. The van der Waals surface area contributed by atoms with Crippen molar-refractivity contribution in [3.63, 3.8) is 0 Å². The van der Waals surface area contributed by atoms with E-state index in [1.807, 2.05) is 0 Å². The molecular formula is C4F12Te3. The Hall–Kier alpha value is 1.53. The quantitative estimate of drug-likeness (QED) is 0.301. The minimum absolute atomic E-state index is 2.77. The molecular weight excluding hydrogens is 659 g/mol. The Balaban J connectivity index is 0. The van der Waals surface area contributed by atoms with Gasteiger partial charge in [0.2, 0.25) is 0 Å². The molecule has 0 aliphatic carbocycles. The van der Waals surface area contributed by atoms with Gasteiger partial charge in [-0.25, -0.2) is 0 Å². The number of halogens is 12. The van der Waals surface area contributed by atoms with Crippen LogP contribution in [-0.2, 0) is 0 Å². The molecule has 0 unspecified atom stereocenters. The number of hydrogen-bond acceptors (Lipinski definition) is 0. The van der Waals surface area contributed by atoms with E-state index < -0.39 is 71.9 Å². The fourth-order valence-corrected chi connectivity index (χ4v) is 5.13. The second-order valence-electron chi connectivity index (χ2n) is 2.05. The molecule has 19 heavy (non-hydrogen) atoms. The molecule has 0 atom stereocenters. The van der Waals surface area contributed by atoms with Crippen molar-refractivity contribution in [3.05, 3.63) is 0 Å². The predicted molar refractivity (Wildman–Crippen MR) is 41.5 cm³/mol. The summed E-state index contributed by atoms with van der Waals surface area (Å²) in [5, 5.41) is 0. The molecule has 0 aromatic carbocycles. The molecule has 118 valence electrons. The summed E-state index contributed by atoms with van der Waals surface area (Å²) < 4.78 is 113. The number of rotatable bonds is 1. The van der Waals surface area contributed by atoms with Crippen LogP contribution in [0, 0.1) is 0 Å². The third kappa shape index (κ3) is 28.4. The second-order valence-corrected chi connectivity index (χ2v) is 15.3. The molecule has 0 saturated heterocycles. The van der Waals surface area contributed by atoms with E-state index in [-0.39, 0.29) is 0 Å². The van der Waals surface area contributed by atoms with E-state index in [1.54, 1.807) is 0 Å². The summed E-state index contributed by atoms with van der Waals surface area (Å²) in [6.45, 7) is 0. The van der Waals surface area contributed by atoms with Crippen molar-refractivity contribution in [3.8, 4) is 0 Å². The van der Waals surface area contributed by atoms with Gasteiger partial charge < -0.3 is 0 Å². The summed E-state index contributed by atoms with van der Waals surface area (Å²) in [6.07, 6.45) is 0. The first-order valence-electron chi connectivity index (χ1n) is 3.25. The molecule has 0 aliphatic rings. The van der Waals surface area contributed by atoms with Crippen LogP contribution in [0.15, 0.2) is 0 Å². The predicted octanol–water partition coefficient (Wildman–Crippen LogP) is 3.08. The maximum atomic E-state index is 11.2. The molecule has 0 nitrogen and oxygen atoms in total. The van der Waals surface area contributed by atoms with Crippen molar-refractivity contribution in [2.24, 2.45) is 0 Å². The van der Waals surface area contributed by atoms with Crippen molar-refractivity contribution in [2.75, 3.05) is 0 Å². The van der Waals surface area contributed by atoms with Crippen molar-refractivity contribution in [2.45, 2.75) is 16.9 Å². The van der Waals surface area contributed by atoms with Gasteiger partial charge in [0, 0.05) is 0 Å². The average molecular weight is 659 g/mol. The van der Waals surface area contributed by atoms with Crippen molar-refractivity contribution >= 4 is 55.0 Å². The van der Waals surface area contributed by atoms with Crippen molar-refractivity contribution in [1.82, 2.24) is 0 Å². The zero-order valence-corrected chi connectivity index (χ0v) is 14.8. The van der Waals surface area contributed by atoms with Crippen LogP contribution in [0.3, 0.4) is 0 Å². The molecule has 0 fully saturated rings. The van der Waals surface area contributed by atoms with Crippen LogP contribution in [0.2, 0.25) is 0 Å². The van der Waals surface area contributed by atoms with Gasteiger partial charge in [-0.15, -0.1) is 0 Å². The first kappa shape index (κ1) is 22.8. The molecule has 0 heterocycles. The van der Waals surface area contributed by atoms with Crippen LogP contribution < -0.4 is 0 Å². The Bertz CT molecular complexity index is 218. The summed E-state index contributed by atoms with van der Waals surface area (Å²) in [7, 11) is 0. The van der Waals surface area contributed by atoms with E-state index in [0.29, 0.717) is 0 Å². The summed E-state index contributed by atoms with van der Waals surface area (Å²) in [4.78, 5) is 0. The molecule has 0 aromatic rings. The van der Waals surface area contributed by atoms with Gasteiger partial charge in [-0.1, -0.05) is 0 Å². The summed E-state index contributed by atoms with van der Waals surface area (Å²) in [5.74, 6) is 0. The monoisotopic (exact) mass is 666 g/mol. The molecule has 0 bridgehead atoms. The van der Waals surface area contributed by atoms with Crippen LogP contribution in [0.1, 0.15) is 0 Å². The second kappa shape index (κ2) is 8.24. The Labute approximate surface area is 124 Å². The molecule has 0 saturated carbocycles. The third-order valence-corrected chi connectivity index (χ3v) is 11.9. The van der Waals surface area contributed by atoms with Crippen LogP contribution in [0.5, 0.6) is 0 Å². The van der Waals surface area contributed by atoms with Gasteiger partial charge in [-0.05, 0) is 0 Å². The van der Waals surface area contributed by atoms with Gasteiger partial charge in [0.15, 0.2) is 0 Å². The zero-order valence-electron chi connectivity index (χ0n) is 7.76. The number of alkyl halides is 12. The normalized spacial score (nSPS) is 13.9. The first-order chi connectivity index (χ1) is 7.91. The van der Waals surface area contributed by atoms with Crippen LogP contribution in [0.25, 0.3) is 0 Å². The Kier molecular flexibility index (Phi) is 9.89. The Morgan fingerprint density at radius 3 is 0.632 bits per heavy atom. The van der Waals surface area contributed by atoms with Gasteiger partial charge in [0.1, 0.15) is 0 Å². The van der Waals surface area contributed by atoms with E-state index in [1.165, 1.54) is 0 Å². The fraction of sp³-hybridized carbons (Fsp3) is 1.00. The summed E-state index contributed by atoms with van der Waals surface area (Å²) in [6, 6.07) is 0. The van der Waals surface area contributed by atoms with Gasteiger partial charge in [-0.2, -0.15) is 0 Å². The zero-order chi connectivity index (χ0) is 16.1. The van der Waals surface area contributed by atoms with E-state index >= 15 is 0 Å². The van der Waals surface area contributed by atoms with Crippen LogP contribution in [0.4, 0.5) is 52.7 Å². The van der Waals surface area contributed by atoms with Gasteiger partial charge in [0.05, 0.1) is 0 Å². The molecule has 0 rings (SSSR count). The van der Waals surface area contributed by atoms with Crippen molar-refractivity contribution in [1.29, 1.82) is 0 Å². The minimum atomic E-state index is -5.01. The third-order valence-electron chi connectivity index (χ3n) is 0.462. The maximum absolute atomic E-state index is 11.2. The molecule has 0 amide bonds. The van der Waals surface area contributed by atoms with Crippen LogP contribution in [-0.4, -0.2) is 71.9 Å². The SMILES string of the molecule is FC(F)(F)[Te]C(F)(F)F.FC(F)(F)[Te][Te]C(F)(F)F. The molecule has 0 radical (unpaired) electrons. The van der Waals surface area contributed by atoms with E-state index in [4.69, 9.17) is 0 Å². The summed E-state index contributed by atoms with van der Waals surface area (Å²) in [5.41, 5.74) is 0. The fourth-order valence-electron chi connectivity index (χ4n) is 0.226. The molecule has 0 N–H and O–H groups in total. The Morgan fingerprint density at radius 1 is 0.368 bits per heavy atom. The van der Waals surface area contributed by atoms with Gasteiger partial charge >= 0.3 is 125 Å². The van der Waals surface area contributed by atoms with Gasteiger partial charge in [0.25, 0.3) is 0 Å². The first-order valence-corrected chi connectivity index (χ1v) is 15.2. The Morgan fingerprint density at radius 2 is 0.579 bits per heavy atom. The van der Waals surface area contributed by atoms with E-state index in [2.05, 4.69) is 0 Å². The molecule has 15 heteroatoms. The average Bonchev–Trinajstić information content (AvgIpc) is 1.91. The molecule has 0 aromatic heterocycles. The van der Waals surface area contributed by atoms with Crippen LogP contribution >= 0.6 is 0 Å². The van der Waals surface area contributed by atoms with Crippen molar-refractivity contribution < 1.29 is 52.7 Å². The molecule has 0 spiro atoms. The standard InChI is InChI=1S/C2F6Te2.C2F6Te/c3-1(4,5)9-10-2(6,7)8;3-1(4,5)9-2(6,7)8. The topological polar surface area (TPSA) is 0 Å². The molecule has 0 aliphatic heterocycles. The number of hydrogen-bond donors (Lipinski definition) is 0. The van der Waals surface area contributed by atoms with E-state index in [9.17, 15) is 52.7 Å². The van der Waals surface area contributed by atoms with Gasteiger partial charge in [-0.3, -0.25) is 0 Å².